The molecule has 0 spiro atoms. The Kier molecular flexibility index (Phi) is 13.4. The standard InChI is InChI=1S/C19H25F.2C18H22F2/c1-12-9-8-10-13-16(12)15(20)11-14(18(2,3)4)17(13)19(5,6)7;1-17(2,3)14-10-15(20)13-9-11(19)7-8-12(13)16(14)18(4,5)6;1-17(2,3)12-10-14(20)15-11(8-7-9-13(15)19)16(12)18(4,5)6/h8-11H,1-7H3;2*7-10H,1-6H3. The van der Waals surface area contributed by atoms with E-state index in [2.05, 4.69) is 131 Å². The lowest BCUT2D eigenvalue weighted by Crippen LogP contribution is -2.23. The molecule has 0 nitrogen and oxygen atoms in total. The summed E-state index contributed by atoms with van der Waals surface area (Å²) in [6, 6.07) is 20.1. The first-order valence-electron chi connectivity index (χ1n) is 21.2. The van der Waals surface area contributed by atoms with E-state index in [1.165, 1.54) is 29.8 Å². The third kappa shape index (κ3) is 10.3. The molecule has 0 heterocycles. The second-order valence-corrected chi connectivity index (χ2v) is 22.7. The monoisotopic (exact) mass is 825 g/mol. The van der Waals surface area contributed by atoms with Gasteiger partial charge in [0.15, 0.2) is 0 Å². The van der Waals surface area contributed by atoms with Crippen LogP contribution < -0.4 is 0 Å². The average Bonchev–Trinajstić information content (AvgIpc) is 3.06. The second-order valence-electron chi connectivity index (χ2n) is 22.7. The molecule has 324 valence electrons. The highest BCUT2D eigenvalue weighted by Gasteiger charge is 2.31. The number of aryl methyl sites for hydroxylation is 1. The van der Waals surface area contributed by atoms with E-state index in [0.29, 0.717) is 10.8 Å². The number of rotatable bonds is 0. The fourth-order valence-corrected chi connectivity index (χ4v) is 8.55. The van der Waals surface area contributed by atoms with E-state index >= 15 is 0 Å². The van der Waals surface area contributed by atoms with Gasteiger partial charge < -0.3 is 0 Å². The summed E-state index contributed by atoms with van der Waals surface area (Å²) in [4.78, 5) is 0. The molecule has 0 aliphatic heterocycles. The van der Waals surface area contributed by atoms with Crippen LogP contribution in [-0.4, -0.2) is 0 Å². The van der Waals surface area contributed by atoms with Crippen LogP contribution in [0.15, 0.2) is 72.8 Å². The molecule has 0 amide bonds. The maximum atomic E-state index is 14.6. The molecule has 0 aliphatic rings. The van der Waals surface area contributed by atoms with E-state index in [4.69, 9.17) is 0 Å². The van der Waals surface area contributed by atoms with Crippen molar-refractivity contribution < 1.29 is 22.0 Å². The first kappa shape index (κ1) is 48.4. The fraction of sp³-hybridized carbons (Fsp3) is 0.455. The van der Waals surface area contributed by atoms with Gasteiger partial charge in [0.1, 0.15) is 29.1 Å². The summed E-state index contributed by atoms with van der Waals surface area (Å²) < 4.78 is 70.7. The smallest absolute Gasteiger partial charge is 0.134 e. The minimum atomic E-state index is -0.494. The Hall–Kier alpha value is -4.25. The van der Waals surface area contributed by atoms with Gasteiger partial charge in [-0.05, 0) is 131 Å². The Labute approximate surface area is 358 Å². The zero-order valence-electron chi connectivity index (χ0n) is 39.8. The molecule has 6 aromatic carbocycles. The van der Waals surface area contributed by atoms with Gasteiger partial charge in [-0.2, -0.15) is 0 Å². The predicted molar refractivity (Wildman–Crippen MR) is 249 cm³/mol. The van der Waals surface area contributed by atoms with Crippen molar-refractivity contribution in [3.8, 4) is 0 Å². The third-order valence-electron chi connectivity index (χ3n) is 11.1. The van der Waals surface area contributed by atoms with Crippen LogP contribution in [0.25, 0.3) is 32.3 Å². The minimum Gasteiger partial charge on any atom is -0.207 e. The van der Waals surface area contributed by atoms with E-state index in [-0.39, 0.29) is 49.5 Å². The normalized spacial score (nSPS) is 13.0. The van der Waals surface area contributed by atoms with Crippen molar-refractivity contribution in [2.75, 3.05) is 0 Å². The highest BCUT2D eigenvalue weighted by atomic mass is 19.1. The molecule has 0 aliphatic carbocycles. The third-order valence-corrected chi connectivity index (χ3v) is 11.1. The average molecular weight is 825 g/mol. The van der Waals surface area contributed by atoms with Crippen LogP contribution in [0.4, 0.5) is 22.0 Å². The SMILES string of the molecule is CC(C)(C)c1cc(F)c2c(F)cccc2c1C(C)(C)C.CC(C)(C)c1cc(F)c2cc(F)ccc2c1C(C)(C)C.Cc1cccc2c(C(C)(C)C)c(C(C)(C)C)cc(F)c12. The number of benzene rings is 6. The van der Waals surface area contributed by atoms with Gasteiger partial charge in [-0.3, -0.25) is 0 Å². The molecule has 0 saturated heterocycles. The number of hydrogen-bond donors (Lipinski definition) is 0. The summed E-state index contributed by atoms with van der Waals surface area (Å²) in [5, 5.41) is 3.78. The molecule has 0 radical (unpaired) electrons. The molecule has 0 saturated carbocycles. The summed E-state index contributed by atoms with van der Waals surface area (Å²) >= 11 is 0. The first-order valence-corrected chi connectivity index (χ1v) is 21.2. The largest absolute Gasteiger partial charge is 0.207 e. The summed E-state index contributed by atoms with van der Waals surface area (Å²) in [6.07, 6.45) is 0. The molecule has 5 heteroatoms. The van der Waals surface area contributed by atoms with Crippen molar-refractivity contribution in [1.82, 2.24) is 0 Å². The van der Waals surface area contributed by atoms with E-state index in [0.717, 1.165) is 49.5 Å². The van der Waals surface area contributed by atoms with E-state index in [1.807, 2.05) is 25.1 Å². The molecule has 0 unspecified atom stereocenters. The molecular formula is C55H69F5. The Morgan fingerprint density at radius 1 is 0.317 bits per heavy atom. The van der Waals surface area contributed by atoms with Gasteiger partial charge in [0.2, 0.25) is 0 Å². The molecule has 6 rings (SSSR count). The fourth-order valence-electron chi connectivity index (χ4n) is 8.55. The van der Waals surface area contributed by atoms with Crippen LogP contribution in [0, 0.1) is 36.0 Å². The second kappa shape index (κ2) is 16.6. The lowest BCUT2D eigenvalue weighted by molar-refractivity contribution is 0.526. The molecule has 0 N–H and O–H groups in total. The topological polar surface area (TPSA) is 0 Å². The van der Waals surface area contributed by atoms with Crippen LogP contribution in [0.3, 0.4) is 0 Å². The molecule has 0 bridgehead atoms. The van der Waals surface area contributed by atoms with Crippen LogP contribution in [0.1, 0.15) is 164 Å². The van der Waals surface area contributed by atoms with Gasteiger partial charge in [-0.25, -0.2) is 22.0 Å². The van der Waals surface area contributed by atoms with Gasteiger partial charge in [0.25, 0.3) is 0 Å². The van der Waals surface area contributed by atoms with Gasteiger partial charge in [0, 0.05) is 10.8 Å². The molecule has 6 aromatic rings. The number of hydrogen-bond acceptors (Lipinski definition) is 0. The zero-order chi connectivity index (χ0) is 45.9. The van der Waals surface area contributed by atoms with Crippen molar-refractivity contribution in [1.29, 1.82) is 0 Å². The number of fused-ring (bicyclic) bond motifs is 3. The molecular weight excluding hydrogens is 756 g/mol. The van der Waals surface area contributed by atoms with Crippen molar-refractivity contribution in [3.05, 3.63) is 141 Å². The van der Waals surface area contributed by atoms with E-state index in [1.54, 1.807) is 24.3 Å². The van der Waals surface area contributed by atoms with Crippen LogP contribution in [0.2, 0.25) is 0 Å². The Bertz CT molecular complexity index is 2410. The van der Waals surface area contributed by atoms with Crippen molar-refractivity contribution in [2.45, 2.75) is 164 Å². The van der Waals surface area contributed by atoms with Crippen LogP contribution in [0.5, 0.6) is 0 Å². The summed E-state index contributed by atoms with van der Waals surface area (Å²) in [6.45, 7) is 40.0. The van der Waals surface area contributed by atoms with Crippen molar-refractivity contribution >= 4 is 32.3 Å². The lowest BCUT2D eigenvalue weighted by Gasteiger charge is -2.32. The predicted octanol–water partition coefficient (Wildman–Crippen LogP) is 17.3. The quantitative estimate of drug-likeness (QED) is 0.134. The van der Waals surface area contributed by atoms with Crippen LogP contribution >= 0.6 is 0 Å². The first-order chi connectivity index (χ1) is 27.1. The maximum Gasteiger partial charge on any atom is 0.134 e. The van der Waals surface area contributed by atoms with E-state index < -0.39 is 17.5 Å². The van der Waals surface area contributed by atoms with Gasteiger partial charge >= 0.3 is 0 Å². The Morgan fingerprint density at radius 2 is 0.683 bits per heavy atom. The van der Waals surface area contributed by atoms with E-state index in [9.17, 15) is 22.0 Å². The summed E-state index contributed by atoms with van der Waals surface area (Å²) in [5.41, 5.74) is 6.70. The zero-order valence-corrected chi connectivity index (χ0v) is 39.8. The van der Waals surface area contributed by atoms with Gasteiger partial charge in [-0.15, -0.1) is 0 Å². The molecule has 0 atom stereocenters. The highest BCUT2D eigenvalue weighted by Crippen LogP contribution is 2.43. The minimum absolute atomic E-state index is 0.0116. The van der Waals surface area contributed by atoms with Gasteiger partial charge in [-0.1, -0.05) is 161 Å². The van der Waals surface area contributed by atoms with Gasteiger partial charge in [0.05, 0.1) is 5.39 Å². The van der Waals surface area contributed by atoms with Crippen molar-refractivity contribution in [2.24, 2.45) is 0 Å². The molecule has 60 heavy (non-hydrogen) atoms. The Morgan fingerprint density at radius 3 is 1.10 bits per heavy atom. The Balaban J connectivity index is 0.000000198. The van der Waals surface area contributed by atoms with Crippen molar-refractivity contribution in [3.63, 3.8) is 0 Å². The maximum absolute atomic E-state index is 14.6. The van der Waals surface area contributed by atoms with Crippen LogP contribution in [-0.2, 0) is 32.5 Å². The molecule has 0 aromatic heterocycles. The lowest BCUT2D eigenvalue weighted by atomic mass is 9.73. The highest BCUT2D eigenvalue weighted by molar-refractivity contribution is 5.92. The number of halogens is 5. The molecule has 0 fully saturated rings. The summed E-state index contributed by atoms with van der Waals surface area (Å²) in [7, 11) is 0. The summed E-state index contributed by atoms with van der Waals surface area (Å²) in [5.74, 6) is -1.82.